The van der Waals surface area contributed by atoms with E-state index in [4.69, 9.17) is 10.9 Å². The molecule has 0 radical (unpaired) electrons. The summed E-state index contributed by atoms with van der Waals surface area (Å²) in [5.41, 5.74) is 6.84. The maximum absolute atomic E-state index is 11.8. The molecule has 0 aliphatic rings. The second-order valence-corrected chi connectivity index (χ2v) is 6.45. The normalized spacial score (nSPS) is 12.9. The van der Waals surface area contributed by atoms with E-state index in [1.54, 1.807) is 31.3 Å². The summed E-state index contributed by atoms with van der Waals surface area (Å²) in [5.74, 6) is 0.129. The van der Waals surface area contributed by atoms with Crippen molar-refractivity contribution in [3.63, 3.8) is 0 Å². The van der Waals surface area contributed by atoms with Crippen LogP contribution in [0, 0.1) is 0 Å². The molecule has 0 fully saturated rings. The molecule has 0 aliphatic carbocycles. The lowest BCUT2D eigenvalue weighted by atomic mass is 10.1. The fraction of sp³-hybridized carbons (Fsp3) is 0.417. The van der Waals surface area contributed by atoms with Crippen LogP contribution in [0.1, 0.15) is 24.5 Å². The molecule has 0 atom stereocenters. The lowest BCUT2D eigenvalue weighted by Crippen LogP contribution is -2.28. The SMILES string of the molecule is CCCS(=O)(=O)N(C)Cc1cccc(C(N)=NO)c1. The quantitative estimate of drug-likeness (QED) is 0.352. The minimum absolute atomic E-state index is 0.000850. The molecule has 0 heterocycles. The fourth-order valence-electron chi connectivity index (χ4n) is 1.66. The first-order valence-electron chi connectivity index (χ1n) is 5.91. The summed E-state index contributed by atoms with van der Waals surface area (Å²) in [7, 11) is -1.68. The van der Waals surface area contributed by atoms with Gasteiger partial charge in [0.2, 0.25) is 10.0 Å². The van der Waals surface area contributed by atoms with E-state index in [-0.39, 0.29) is 18.1 Å². The van der Waals surface area contributed by atoms with Crippen molar-refractivity contribution in [2.24, 2.45) is 10.9 Å². The van der Waals surface area contributed by atoms with Crippen LogP contribution in [0.4, 0.5) is 0 Å². The largest absolute Gasteiger partial charge is 0.409 e. The minimum atomic E-state index is -3.22. The maximum Gasteiger partial charge on any atom is 0.214 e. The zero-order valence-electron chi connectivity index (χ0n) is 11.1. The average Bonchev–Trinajstić information content (AvgIpc) is 2.38. The number of hydrogen-bond acceptors (Lipinski definition) is 4. The van der Waals surface area contributed by atoms with Crippen molar-refractivity contribution in [3.05, 3.63) is 35.4 Å². The van der Waals surface area contributed by atoms with Crippen molar-refractivity contribution in [1.82, 2.24) is 4.31 Å². The van der Waals surface area contributed by atoms with E-state index < -0.39 is 10.0 Å². The Bertz CT molecular complexity index is 555. The van der Waals surface area contributed by atoms with Gasteiger partial charge in [-0.05, 0) is 18.1 Å². The molecule has 6 nitrogen and oxygen atoms in total. The van der Waals surface area contributed by atoms with E-state index in [2.05, 4.69) is 5.16 Å². The first kappa shape index (κ1) is 15.5. The third kappa shape index (κ3) is 4.22. The van der Waals surface area contributed by atoms with Crippen LogP contribution in [-0.4, -0.2) is 36.6 Å². The number of rotatable bonds is 6. The van der Waals surface area contributed by atoms with Crippen LogP contribution in [-0.2, 0) is 16.6 Å². The lowest BCUT2D eigenvalue weighted by molar-refractivity contribution is 0.318. The highest BCUT2D eigenvalue weighted by Crippen LogP contribution is 2.11. The minimum Gasteiger partial charge on any atom is -0.409 e. The number of hydrogen-bond donors (Lipinski definition) is 2. The third-order valence-electron chi connectivity index (χ3n) is 2.67. The summed E-state index contributed by atoms with van der Waals surface area (Å²) in [4.78, 5) is 0. The molecule has 19 heavy (non-hydrogen) atoms. The molecule has 106 valence electrons. The van der Waals surface area contributed by atoms with E-state index >= 15 is 0 Å². The molecule has 0 amide bonds. The zero-order valence-corrected chi connectivity index (χ0v) is 11.9. The van der Waals surface area contributed by atoms with Crippen LogP contribution in [0.15, 0.2) is 29.4 Å². The van der Waals surface area contributed by atoms with Crippen molar-refractivity contribution < 1.29 is 13.6 Å². The Morgan fingerprint density at radius 3 is 2.74 bits per heavy atom. The van der Waals surface area contributed by atoms with Crippen molar-refractivity contribution in [2.75, 3.05) is 12.8 Å². The highest BCUT2D eigenvalue weighted by molar-refractivity contribution is 7.89. The van der Waals surface area contributed by atoms with Crippen molar-refractivity contribution in [3.8, 4) is 0 Å². The number of amidine groups is 1. The Morgan fingerprint density at radius 1 is 1.47 bits per heavy atom. The van der Waals surface area contributed by atoms with Gasteiger partial charge < -0.3 is 10.9 Å². The molecule has 1 aromatic rings. The van der Waals surface area contributed by atoms with E-state index in [1.165, 1.54) is 4.31 Å². The molecule has 7 heteroatoms. The first-order valence-corrected chi connectivity index (χ1v) is 7.52. The monoisotopic (exact) mass is 285 g/mol. The highest BCUT2D eigenvalue weighted by Gasteiger charge is 2.16. The van der Waals surface area contributed by atoms with E-state index in [9.17, 15) is 8.42 Å². The first-order chi connectivity index (χ1) is 8.90. The van der Waals surface area contributed by atoms with Crippen molar-refractivity contribution in [1.29, 1.82) is 0 Å². The van der Waals surface area contributed by atoms with Crippen LogP contribution in [0.5, 0.6) is 0 Å². The van der Waals surface area contributed by atoms with Crippen molar-refractivity contribution in [2.45, 2.75) is 19.9 Å². The fourth-order valence-corrected chi connectivity index (χ4v) is 2.83. The summed E-state index contributed by atoms with van der Waals surface area (Å²) in [6, 6.07) is 6.93. The standard InChI is InChI=1S/C12H19N3O3S/c1-3-7-19(17,18)15(2)9-10-5-4-6-11(8-10)12(13)14-16/h4-6,8,16H,3,7,9H2,1-2H3,(H2,13,14). The molecule has 0 aromatic heterocycles. The average molecular weight is 285 g/mol. The maximum atomic E-state index is 11.8. The van der Waals surface area contributed by atoms with Crippen LogP contribution in [0.3, 0.4) is 0 Å². The van der Waals surface area contributed by atoms with Crippen LogP contribution in [0.2, 0.25) is 0 Å². The smallest absolute Gasteiger partial charge is 0.214 e. The van der Waals surface area contributed by atoms with Gasteiger partial charge in [-0.2, -0.15) is 0 Å². The Kier molecular flexibility index (Phi) is 5.31. The molecule has 0 bridgehead atoms. The number of nitrogens with zero attached hydrogens (tertiary/aromatic N) is 2. The number of benzene rings is 1. The van der Waals surface area contributed by atoms with Gasteiger partial charge in [0.25, 0.3) is 0 Å². The molecular weight excluding hydrogens is 266 g/mol. The topological polar surface area (TPSA) is 96.0 Å². The Hall–Kier alpha value is -1.60. The van der Waals surface area contributed by atoms with Gasteiger partial charge in [-0.15, -0.1) is 0 Å². The Labute approximate surface area is 113 Å². The number of sulfonamides is 1. The Morgan fingerprint density at radius 2 is 2.16 bits per heavy atom. The van der Waals surface area contributed by atoms with Gasteiger partial charge in [0.1, 0.15) is 0 Å². The van der Waals surface area contributed by atoms with Gasteiger partial charge in [0.05, 0.1) is 5.75 Å². The molecular formula is C12H19N3O3S. The number of oxime groups is 1. The molecule has 0 spiro atoms. The van der Waals surface area contributed by atoms with Crippen LogP contribution >= 0.6 is 0 Å². The van der Waals surface area contributed by atoms with Gasteiger partial charge in [-0.25, -0.2) is 12.7 Å². The zero-order chi connectivity index (χ0) is 14.5. The molecule has 1 rings (SSSR count). The van der Waals surface area contributed by atoms with E-state index in [0.29, 0.717) is 12.0 Å². The van der Waals surface area contributed by atoms with Gasteiger partial charge in [-0.3, -0.25) is 0 Å². The second kappa shape index (κ2) is 6.53. The summed E-state index contributed by atoms with van der Waals surface area (Å²) in [6.45, 7) is 2.08. The summed E-state index contributed by atoms with van der Waals surface area (Å²) >= 11 is 0. The van der Waals surface area contributed by atoms with Crippen molar-refractivity contribution >= 4 is 15.9 Å². The lowest BCUT2D eigenvalue weighted by Gasteiger charge is -2.17. The van der Waals surface area contributed by atoms with E-state index in [0.717, 1.165) is 5.56 Å². The van der Waals surface area contributed by atoms with E-state index in [1.807, 2.05) is 6.92 Å². The van der Waals surface area contributed by atoms with Crippen LogP contribution in [0.25, 0.3) is 0 Å². The molecule has 1 aromatic carbocycles. The molecule has 0 unspecified atom stereocenters. The van der Waals surface area contributed by atoms with Crippen LogP contribution < -0.4 is 5.73 Å². The summed E-state index contributed by atoms with van der Waals surface area (Å²) in [6.07, 6.45) is 0.580. The number of nitrogens with two attached hydrogens (primary N) is 1. The predicted octanol–water partition coefficient (Wildman–Crippen LogP) is 0.953. The Balaban J connectivity index is 2.89. The van der Waals surface area contributed by atoms with Gasteiger partial charge >= 0.3 is 0 Å². The molecule has 0 saturated carbocycles. The molecule has 0 saturated heterocycles. The van der Waals surface area contributed by atoms with Gasteiger partial charge in [0, 0.05) is 19.2 Å². The summed E-state index contributed by atoms with van der Waals surface area (Å²) in [5, 5.41) is 11.5. The predicted molar refractivity (Wildman–Crippen MR) is 74.5 cm³/mol. The van der Waals surface area contributed by atoms with Gasteiger partial charge in [-0.1, -0.05) is 30.3 Å². The summed E-state index contributed by atoms with van der Waals surface area (Å²) < 4.78 is 25.0. The highest BCUT2D eigenvalue weighted by atomic mass is 32.2. The molecule has 3 N–H and O–H groups in total. The third-order valence-corrected chi connectivity index (χ3v) is 4.68. The second-order valence-electron chi connectivity index (χ2n) is 4.26. The van der Waals surface area contributed by atoms with Gasteiger partial charge in [0.15, 0.2) is 5.84 Å². The molecule has 0 aliphatic heterocycles.